The molecule has 1 unspecified atom stereocenters. The van der Waals surface area contributed by atoms with E-state index in [0.717, 1.165) is 16.3 Å². The van der Waals surface area contributed by atoms with Gasteiger partial charge in [0.1, 0.15) is 29.3 Å². The van der Waals surface area contributed by atoms with E-state index in [0.29, 0.717) is 0 Å². The third kappa shape index (κ3) is 2.64. The molecule has 3 aromatic rings. The Morgan fingerprint density at radius 1 is 1.00 bits per heavy atom. The zero-order valence-corrected chi connectivity index (χ0v) is 12.1. The Hall–Kier alpha value is -2.86. The van der Waals surface area contributed by atoms with Gasteiger partial charge in [0.05, 0.1) is 0 Å². The first kappa shape index (κ1) is 14.1. The molecule has 0 fully saturated rings. The molecule has 22 heavy (non-hydrogen) atoms. The van der Waals surface area contributed by atoms with Crippen LogP contribution in [0.25, 0.3) is 10.8 Å². The predicted molar refractivity (Wildman–Crippen MR) is 84.1 cm³/mol. The van der Waals surface area contributed by atoms with Crippen LogP contribution < -0.4 is 4.74 Å². The highest BCUT2D eigenvalue weighted by atomic mass is 19.1. The second-order valence-electron chi connectivity index (χ2n) is 5.09. The van der Waals surface area contributed by atoms with E-state index in [2.05, 4.69) is 0 Å². The zero-order chi connectivity index (χ0) is 15.5. The second-order valence-corrected chi connectivity index (χ2v) is 5.09. The van der Waals surface area contributed by atoms with Crippen LogP contribution in [0.1, 0.15) is 24.2 Å². The fourth-order valence-electron chi connectivity index (χ4n) is 2.43. The zero-order valence-electron chi connectivity index (χ0n) is 12.1. The Labute approximate surface area is 128 Å². The maximum Gasteiger partial charge on any atom is 0.144 e. The Morgan fingerprint density at radius 3 is 2.55 bits per heavy atom. The fourth-order valence-corrected chi connectivity index (χ4v) is 2.43. The van der Waals surface area contributed by atoms with Crippen molar-refractivity contribution in [2.45, 2.75) is 13.0 Å². The summed E-state index contributed by atoms with van der Waals surface area (Å²) in [4.78, 5) is 0. The number of ether oxygens (including phenoxy) is 1. The molecule has 2 nitrogen and oxygen atoms in total. The summed E-state index contributed by atoms with van der Waals surface area (Å²) in [6.07, 6.45) is -0.279. The van der Waals surface area contributed by atoms with E-state index in [4.69, 9.17) is 10.00 Å². The average molecular weight is 291 g/mol. The van der Waals surface area contributed by atoms with E-state index in [-0.39, 0.29) is 17.4 Å². The second kappa shape index (κ2) is 5.87. The van der Waals surface area contributed by atoms with E-state index in [1.165, 1.54) is 6.07 Å². The summed E-state index contributed by atoms with van der Waals surface area (Å²) in [5.74, 6) is -0.297. The standard InChI is InChI=1S/C19H14FNO/c1-13(22-19-8-4-7-18(20)17(19)12-21)15-10-9-14-5-2-3-6-16(14)11-15/h2-11,13H,1H3. The number of benzene rings is 3. The van der Waals surface area contributed by atoms with Crippen LogP contribution in [-0.4, -0.2) is 0 Å². The lowest BCUT2D eigenvalue weighted by atomic mass is 10.0. The number of hydrogen-bond donors (Lipinski definition) is 0. The largest absolute Gasteiger partial charge is 0.485 e. The van der Waals surface area contributed by atoms with E-state index < -0.39 is 5.82 Å². The quantitative estimate of drug-likeness (QED) is 0.681. The van der Waals surface area contributed by atoms with Gasteiger partial charge in [-0.3, -0.25) is 0 Å². The number of fused-ring (bicyclic) bond motifs is 1. The number of hydrogen-bond acceptors (Lipinski definition) is 2. The van der Waals surface area contributed by atoms with E-state index in [1.807, 2.05) is 55.5 Å². The number of nitriles is 1. The lowest BCUT2D eigenvalue weighted by Crippen LogP contribution is -2.05. The molecule has 0 spiro atoms. The summed E-state index contributed by atoms with van der Waals surface area (Å²) in [6, 6.07) is 20.4. The van der Waals surface area contributed by atoms with Crippen LogP contribution in [0.2, 0.25) is 0 Å². The van der Waals surface area contributed by atoms with Crippen molar-refractivity contribution in [1.29, 1.82) is 5.26 Å². The number of halogens is 1. The topological polar surface area (TPSA) is 33.0 Å². The molecule has 1 atom stereocenters. The molecular formula is C19H14FNO. The predicted octanol–water partition coefficient (Wildman–Crippen LogP) is 4.99. The first-order valence-electron chi connectivity index (χ1n) is 7.03. The third-order valence-electron chi connectivity index (χ3n) is 3.63. The molecular weight excluding hydrogens is 277 g/mol. The Bertz CT molecular complexity index is 867. The maximum absolute atomic E-state index is 13.6. The normalized spacial score (nSPS) is 11.9. The molecule has 0 aliphatic rings. The highest BCUT2D eigenvalue weighted by Crippen LogP contribution is 2.28. The highest BCUT2D eigenvalue weighted by molar-refractivity contribution is 5.83. The molecule has 0 radical (unpaired) electrons. The summed E-state index contributed by atoms with van der Waals surface area (Å²) in [5.41, 5.74) is 0.919. The van der Waals surface area contributed by atoms with E-state index in [1.54, 1.807) is 12.1 Å². The van der Waals surface area contributed by atoms with Crippen LogP contribution in [0.5, 0.6) is 5.75 Å². The maximum atomic E-state index is 13.6. The molecule has 0 aromatic heterocycles. The lowest BCUT2D eigenvalue weighted by Gasteiger charge is -2.16. The Morgan fingerprint density at radius 2 is 1.77 bits per heavy atom. The molecule has 3 heteroatoms. The molecule has 0 aliphatic carbocycles. The van der Waals surface area contributed by atoms with Crippen molar-refractivity contribution in [3.8, 4) is 11.8 Å². The van der Waals surface area contributed by atoms with Gasteiger partial charge >= 0.3 is 0 Å². The molecule has 0 heterocycles. The number of rotatable bonds is 3. The van der Waals surface area contributed by atoms with Gasteiger partial charge in [0.15, 0.2) is 0 Å². The van der Waals surface area contributed by atoms with Crippen LogP contribution >= 0.6 is 0 Å². The average Bonchev–Trinajstić information content (AvgIpc) is 2.54. The minimum Gasteiger partial charge on any atom is -0.485 e. The molecule has 3 aromatic carbocycles. The Kier molecular flexibility index (Phi) is 3.76. The van der Waals surface area contributed by atoms with E-state index in [9.17, 15) is 4.39 Å². The summed E-state index contributed by atoms with van der Waals surface area (Å²) >= 11 is 0. The van der Waals surface area contributed by atoms with Gasteiger partial charge in [0.2, 0.25) is 0 Å². The summed E-state index contributed by atoms with van der Waals surface area (Å²) in [7, 11) is 0. The van der Waals surface area contributed by atoms with Gasteiger partial charge < -0.3 is 4.74 Å². The molecule has 0 saturated carbocycles. The first-order chi connectivity index (χ1) is 10.7. The molecule has 0 amide bonds. The molecule has 0 bridgehead atoms. The van der Waals surface area contributed by atoms with Crippen molar-refractivity contribution >= 4 is 10.8 Å². The fraction of sp³-hybridized carbons (Fsp3) is 0.105. The van der Waals surface area contributed by atoms with Gasteiger partial charge in [-0.2, -0.15) is 5.26 Å². The van der Waals surface area contributed by atoms with Crippen molar-refractivity contribution in [3.05, 3.63) is 77.6 Å². The third-order valence-corrected chi connectivity index (χ3v) is 3.63. The van der Waals surface area contributed by atoms with Gasteiger partial charge in [-0.25, -0.2) is 4.39 Å². The summed E-state index contributed by atoms with van der Waals surface area (Å²) in [5, 5.41) is 11.3. The van der Waals surface area contributed by atoms with Crippen LogP contribution in [0, 0.1) is 17.1 Å². The lowest BCUT2D eigenvalue weighted by molar-refractivity contribution is 0.225. The molecule has 108 valence electrons. The van der Waals surface area contributed by atoms with Gasteiger partial charge in [0, 0.05) is 0 Å². The minimum absolute atomic E-state index is 0.0601. The molecule has 0 saturated heterocycles. The van der Waals surface area contributed by atoms with Crippen molar-refractivity contribution in [3.63, 3.8) is 0 Å². The highest BCUT2D eigenvalue weighted by Gasteiger charge is 2.13. The molecule has 0 aliphatic heterocycles. The van der Waals surface area contributed by atoms with Crippen LogP contribution in [0.4, 0.5) is 4.39 Å². The van der Waals surface area contributed by atoms with Gasteiger partial charge in [-0.05, 0) is 41.5 Å². The molecule has 0 N–H and O–H groups in total. The van der Waals surface area contributed by atoms with Crippen molar-refractivity contribution in [2.24, 2.45) is 0 Å². The van der Waals surface area contributed by atoms with Crippen LogP contribution in [0.3, 0.4) is 0 Å². The Balaban J connectivity index is 1.92. The van der Waals surface area contributed by atoms with Crippen molar-refractivity contribution < 1.29 is 9.13 Å². The summed E-state index contributed by atoms with van der Waals surface area (Å²) in [6.45, 7) is 1.89. The van der Waals surface area contributed by atoms with E-state index >= 15 is 0 Å². The van der Waals surface area contributed by atoms with Crippen molar-refractivity contribution in [1.82, 2.24) is 0 Å². The summed E-state index contributed by atoms with van der Waals surface area (Å²) < 4.78 is 19.4. The van der Waals surface area contributed by atoms with Crippen LogP contribution in [0.15, 0.2) is 60.7 Å². The van der Waals surface area contributed by atoms with Gasteiger partial charge in [0.25, 0.3) is 0 Å². The van der Waals surface area contributed by atoms with Crippen LogP contribution in [-0.2, 0) is 0 Å². The SMILES string of the molecule is CC(Oc1cccc(F)c1C#N)c1ccc2ccccc2c1. The smallest absolute Gasteiger partial charge is 0.144 e. The molecule has 3 rings (SSSR count). The minimum atomic E-state index is -0.564. The van der Waals surface area contributed by atoms with Gasteiger partial charge in [-0.1, -0.05) is 42.5 Å². The van der Waals surface area contributed by atoms with Crippen molar-refractivity contribution in [2.75, 3.05) is 0 Å². The van der Waals surface area contributed by atoms with Gasteiger partial charge in [-0.15, -0.1) is 0 Å². The number of nitrogens with zero attached hydrogens (tertiary/aromatic N) is 1. The first-order valence-corrected chi connectivity index (χ1v) is 7.03. The monoisotopic (exact) mass is 291 g/mol.